The number of anilines is 1. The summed E-state index contributed by atoms with van der Waals surface area (Å²) in [6.07, 6.45) is 8.24. The van der Waals surface area contributed by atoms with Crippen LogP contribution in [0.5, 0.6) is 0 Å². The van der Waals surface area contributed by atoms with Gasteiger partial charge in [0.25, 0.3) is 5.56 Å². The number of nitrogens with zero attached hydrogens (tertiary/aromatic N) is 3. The first-order chi connectivity index (χ1) is 10.1. The van der Waals surface area contributed by atoms with Gasteiger partial charge in [0.05, 0.1) is 0 Å². The topological polar surface area (TPSA) is 59.8 Å². The van der Waals surface area contributed by atoms with Crippen LogP contribution in [0.4, 0.5) is 5.82 Å². The third-order valence-electron chi connectivity index (χ3n) is 4.94. The quantitative estimate of drug-likeness (QED) is 0.905. The van der Waals surface area contributed by atoms with Crippen molar-refractivity contribution in [1.82, 2.24) is 14.8 Å². The normalized spacial score (nSPS) is 20.0. The van der Waals surface area contributed by atoms with Gasteiger partial charge in [-0.3, -0.25) is 9.36 Å². The van der Waals surface area contributed by atoms with Crippen LogP contribution >= 0.6 is 0 Å². The van der Waals surface area contributed by atoms with Crippen LogP contribution in [0.25, 0.3) is 0 Å². The highest BCUT2D eigenvalue weighted by molar-refractivity contribution is 5.31. The van der Waals surface area contributed by atoms with Crippen molar-refractivity contribution in [3.8, 4) is 0 Å². The predicted octanol–water partition coefficient (Wildman–Crippen LogP) is 2.60. The van der Waals surface area contributed by atoms with E-state index in [-0.39, 0.29) is 5.56 Å². The third-order valence-corrected chi connectivity index (χ3v) is 4.94. The number of nitrogens with one attached hydrogen (secondary N) is 1. The zero-order valence-corrected chi connectivity index (χ0v) is 13.2. The number of fused-ring (bicyclic) bond motifs is 1. The van der Waals surface area contributed by atoms with Crippen LogP contribution in [0.15, 0.2) is 4.79 Å². The van der Waals surface area contributed by atoms with Gasteiger partial charge in [-0.1, -0.05) is 26.7 Å². The van der Waals surface area contributed by atoms with Crippen molar-refractivity contribution < 1.29 is 0 Å². The van der Waals surface area contributed by atoms with Crippen LogP contribution in [0.3, 0.4) is 0 Å². The molecule has 1 aliphatic heterocycles. The van der Waals surface area contributed by atoms with Crippen LogP contribution in [0.2, 0.25) is 0 Å². The highest BCUT2D eigenvalue weighted by Crippen LogP contribution is 2.43. The maximum absolute atomic E-state index is 12.4. The van der Waals surface area contributed by atoms with Crippen molar-refractivity contribution in [2.24, 2.45) is 11.3 Å². The van der Waals surface area contributed by atoms with Crippen LogP contribution in [0.1, 0.15) is 58.2 Å². The Morgan fingerprint density at radius 3 is 2.71 bits per heavy atom. The lowest BCUT2D eigenvalue weighted by Gasteiger charge is -2.31. The minimum atomic E-state index is 0.00944. The molecule has 1 fully saturated rings. The summed E-state index contributed by atoms with van der Waals surface area (Å²) in [4.78, 5) is 12.4. The van der Waals surface area contributed by atoms with Gasteiger partial charge >= 0.3 is 0 Å². The van der Waals surface area contributed by atoms with E-state index in [4.69, 9.17) is 0 Å². The average molecular weight is 290 g/mol. The molecule has 0 bridgehead atoms. The molecule has 1 saturated carbocycles. The monoisotopic (exact) mass is 290 g/mol. The van der Waals surface area contributed by atoms with Crippen molar-refractivity contribution in [1.29, 1.82) is 0 Å². The van der Waals surface area contributed by atoms with Crippen molar-refractivity contribution in [2.75, 3.05) is 11.9 Å². The Balaban J connectivity index is 1.73. The average Bonchev–Trinajstić information content (AvgIpc) is 3.07. The molecule has 5 heteroatoms. The van der Waals surface area contributed by atoms with Crippen LogP contribution in [-0.2, 0) is 13.0 Å². The smallest absolute Gasteiger partial charge is 0.296 e. The Hall–Kier alpha value is -1.39. The zero-order valence-electron chi connectivity index (χ0n) is 13.2. The van der Waals surface area contributed by atoms with Crippen molar-refractivity contribution in [3.05, 3.63) is 16.2 Å². The highest BCUT2D eigenvalue weighted by atomic mass is 16.1. The van der Waals surface area contributed by atoms with E-state index in [0.29, 0.717) is 17.2 Å². The molecule has 1 aliphatic carbocycles. The Labute approximate surface area is 126 Å². The number of hydrogen-bond donors (Lipinski definition) is 1. The standard InChI is InChI=1S/C16H26N4O/c1-12(2)10-16(7-3-4-8-16)11-17-14-15(21)20-9-5-6-13(20)18-19-14/h12H,3-11H2,1-2H3,(H,17,19). The van der Waals surface area contributed by atoms with E-state index in [9.17, 15) is 4.79 Å². The van der Waals surface area contributed by atoms with Gasteiger partial charge in [0, 0.05) is 19.5 Å². The molecule has 116 valence electrons. The summed E-state index contributed by atoms with van der Waals surface area (Å²) in [6.45, 7) is 6.21. The predicted molar refractivity (Wildman–Crippen MR) is 83.5 cm³/mol. The number of rotatable bonds is 5. The third kappa shape index (κ3) is 2.97. The molecule has 2 heterocycles. The van der Waals surface area contributed by atoms with Gasteiger partial charge in [-0.15, -0.1) is 10.2 Å². The van der Waals surface area contributed by atoms with Gasteiger partial charge in [0.1, 0.15) is 5.82 Å². The first kappa shape index (κ1) is 14.5. The van der Waals surface area contributed by atoms with E-state index < -0.39 is 0 Å². The molecular weight excluding hydrogens is 264 g/mol. The lowest BCUT2D eigenvalue weighted by atomic mass is 9.78. The molecule has 3 rings (SSSR count). The minimum absolute atomic E-state index is 0.00944. The minimum Gasteiger partial charge on any atom is -0.363 e. The van der Waals surface area contributed by atoms with Gasteiger partial charge in [-0.2, -0.15) is 0 Å². The summed E-state index contributed by atoms with van der Waals surface area (Å²) in [5.41, 5.74) is 0.349. The molecule has 0 unspecified atom stereocenters. The van der Waals surface area contributed by atoms with E-state index >= 15 is 0 Å². The Morgan fingerprint density at radius 2 is 2.00 bits per heavy atom. The van der Waals surface area contributed by atoms with Crippen LogP contribution in [-0.4, -0.2) is 21.3 Å². The number of hydrogen-bond acceptors (Lipinski definition) is 4. The van der Waals surface area contributed by atoms with Gasteiger partial charge < -0.3 is 5.32 Å². The van der Waals surface area contributed by atoms with Crippen LogP contribution in [0, 0.1) is 11.3 Å². The maximum Gasteiger partial charge on any atom is 0.296 e. The molecule has 1 aromatic heterocycles. The molecule has 0 radical (unpaired) electrons. The first-order valence-electron chi connectivity index (χ1n) is 8.30. The lowest BCUT2D eigenvalue weighted by Crippen LogP contribution is -2.33. The second kappa shape index (κ2) is 5.78. The second-order valence-corrected chi connectivity index (χ2v) is 7.18. The van der Waals surface area contributed by atoms with E-state index in [2.05, 4.69) is 29.4 Å². The maximum atomic E-state index is 12.4. The number of aromatic nitrogens is 3. The lowest BCUT2D eigenvalue weighted by molar-refractivity contribution is 0.252. The van der Waals surface area contributed by atoms with Crippen molar-refractivity contribution in [3.63, 3.8) is 0 Å². The summed E-state index contributed by atoms with van der Waals surface area (Å²) in [7, 11) is 0. The summed E-state index contributed by atoms with van der Waals surface area (Å²) in [5, 5.41) is 11.6. The fraction of sp³-hybridized carbons (Fsp3) is 0.812. The van der Waals surface area contributed by atoms with E-state index in [1.807, 2.05) is 0 Å². The molecule has 0 atom stereocenters. The molecule has 0 aromatic carbocycles. The van der Waals surface area contributed by atoms with Gasteiger partial charge in [0.15, 0.2) is 0 Å². The highest BCUT2D eigenvalue weighted by Gasteiger charge is 2.34. The summed E-state index contributed by atoms with van der Waals surface area (Å²) in [5.74, 6) is 1.97. The molecule has 1 aromatic rings. The molecule has 21 heavy (non-hydrogen) atoms. The zero-order chi connectivity index (χ0) is 14.9. The van der Waals surface area contributed by atoms with Crippen molar-refractivity contribution >= 4 is 5.82 Å². The van der Waals surface area contributed by atoms with Crippen molar-refractivity contribution in [2.45, 2.75) is 65.3 Å². The fourth-order valence-electron chi connectivity index (χ4n) is 4.09. The molecule has 5 nitrogen and oxygen atoms in total. The molecule has 1 N–H and O–H groups in total. The molecular formula is C16H26N4O. The van der Waals surface area contributed by atoms with E-state index in [1.54, 1.807) is 4.57 Å². The molecule has 0 amide bonds. The molecule has 0 spiro atoms. The summed E-state index contributed by atoms with van der Waals surface area (Å²) >= 11 is 0. The van der Waals surface area contributed by atoms with E-state index in [1.165, 1.54) is 32.1 Å². The molecule has 2 aliphatic rings. The fourth-order valence-corrected chi connectivity index (χ4v) is 4.09. The second-order valence-electron chi connectivity index (χ2n) is 7.18. The van der Waals surface area contributed by atoms with E-state index in [0.717, 1.165) is 31.8 Å². The summed E-state index contributed by atoms with van der Waals surface area (Å²) < 4.78 is 1.78. The Kier molecular flexibility index (Phi) is 4.00. The Morgan fingerprint density at radius 1 is 1.24 bits per heavy atom. The van der Waals surface area contributed by atoms with Gasteiger partial charge in [-0.05, 0) is 37.0 Å². The first-order valence-corrected chi connectivity index (χ1v) is 8.30. The summed E-state index contributed by atoms with van der Waals surface area (Å²) in [6, 6.07) is 0. The van der Waals surface area contributed by atoms with Gasteiger partial charge in [-0.25, -0.2) is 0 Å². The SMILES string of the molecule is CC(C)CC1(CNc2nnc3n(c2=O)CCC3)CCCC1. The Bertz CT molecular complexity index is 558. The van der Waals surface area contributed by atoms with Crippen LogP contribution < -0.4 is 10.9 Å². The number of aryl methyl sites for hydroxylation is 1. The molecule has 0 saturated heterocycles. The van der Waals surface area contributed by atoms with Gasteiger partial charge in [0.2, 0.25) is 5.82 Å². The largest absolute Gasteiger partial charge is 0.363 e.